The summed E-state index contributed by atoms with van der Waals surface area (Å²) < 4.78 is 0. The number of hydrogen-bond donors (Lipinski definition) is 0. The molecule has 6 aliphatic rings. The van der Waals surface area contributed by atoms with Gasteiger partial charge in [-0.1, -0.05) is 72.8 Å². The molecular formula is C30H18Cs2O4. The van der Waals surface area contributed by atoms with Gasteiger partial charge in [0.15, 0.2) is 0 Å². The number of hydrogen-bond acceptors (Lipinski definition) is 4. The van der Waals surface area contributed by atoms with Crippen LogP contribution in [0.25, 0.3) is 0 Å². The molecule has 4 aromatic rings. The van der Waals surface area contributed by atoms with Crippen LogP contribution in [-0.4, -0.2) is 11.9 Å². The Hall–Kier alpha value is -0.0761. The van der Waals surface area contributed by atoms with E-state index >= 15 is 0 Å². The molecule has 0 amide bonds. The second-order valence-corrected chi connectivity index (χ2v) is 9.43. The van der Waals surface area contributed by atoms with E-state index in [-0.39, 0.29) is 173 Å². The van der Waals surface area contributed by atoms with Crippen molar-refractivity contribution >= 4 is 11.9 Å². The van der Waals surface area contributed by atoms with Crippen molar-refractivity contribution in [2.45, 2.75) is 23.7 Å². The van der Waals surface area contributed by atoms with E-state index in [4.69, 9.17) is 0 Å². The van der Waals surface area contributed by atoms with Crippen LogP contribution >= 0.6 is 0 Å². The topological polar surface area (TPSA) is 80.3 Å². The van der Waals surface area contributed by atoms with Gasteiger partial charge in [0.05, 0.1) is 11.9 Å². The molecule has 164 valence electrons. The Morgan fingerprint density at radius 1 is 0.444 bits per heavy atom. The van der Waals surface area contributed by atoms with Crippen molar-refractivity contribution < 1.29 is 158 Å². The molecule has 0 spiro atoms. The molecule has 4 atom stereocenters. The number of carboxylic acids is 2. The van der Waals surface area contributed by atoms with Gasteiger partial charge in [-0.2, -0.15) is 0 Å². The van der Waals surface area contributed by atoms with E-state index in [1.54, 1.807) is 24.3 Å². The van der Waals surface area contributed by atoms with Gasteiger partial charge in [0.2, 0.25) is 0 Å². The van der Waals surface area contributed by atoms with Crippen molar-refractivity contribution in [1.82, 2.24) is 0 Å². The number of carbonyl (C=O) groups excluding carboxylic acids is 2. The molecule has 0 radical (unpaired) electrons. The summed E-state index contributed by atoms with van der Waals surface area (Å²) in [4.78, 5) is 23.6. The number of carbonyl (C=O) groups is 2. The molecule has 6 aliphatic carbocycles. The molecule has 6 heteroatoms. The number of rotatable bonds is 2. The Balaban J connectivity index is 0.00000133. The number of aromatic carboxylic acids is 2. The second kappa shape index (κ2) is 10.5. The number of carboxylic acid groups (broad SMARTS) is 2. The predicted molar refractivity (Wildman–Crippen MR) is 122 cm³/mol. The molecule has 4 unspecified atom stereocenters. The fraction of sp³-hybridized carbons (Fsp3) is 0.133. The number of benzene rings is 4. The van der Waals surface area contributed by atoms with Crippen LogP contribution in [0.15, 0.2) is 84.9 Å². The van der Waals surface area contributed by atoms with Gasteiger partial charge in [0.25, 0.3) is 0 Å². The maximum absolute atomic E-state index is 11.8. The van der Waals surface area contributed by atoms with Crippen molar-refractivity contribution in [2.75, 3.05) is 0 Å². The van der Waals surface area contributed by atoms with Gasteiger partial charge >= 0.3 is 138 Å². The molecule has 10 rings (SSSR count). The largest absolute Gasteiger partial charge is 1.00 e. The zero-order valence-electron chi connectivity index (χ0n) is 20.0. The molecule has 0 fully saturated rings. The summed E-state index contributed by atoms with van der Waals surface area (Å²) >= 11 is 0. The molecular weight excluding hydrogens is 690 g/mol. The van der Waals surface area contributed by atoms with E-state index in [1.807, 2.05) is 24.3 Å². The fourth-order valence-corrected chi connectivity index (χ4v) is 6.77. The summed E-state index contributed by atoms with van der Waals surface area (Å²) in [6.45, 7) is 0. The van der Waals surface area contributed by atoms with Crippen LogP contribution in [0.4, 0.5) is 0 Å². The van der Waals surface area contributed by atoms with Crippen LogP contribution in [0.2, 0.25) is 0 Å². The molecule has 0 saturated heterocycles. The van der Waals surface area contributed by atoms with Crippen LogP contribution in [-0.2, 0) is 0 Å². The molecule has 0 N–H and O–H groups in total. The monoisotopic (exact) mass is 708 g/mol. The molecule has 36 heavy (non-hydrogen) atoms. The summed E-state index contributed by atoms with van der Waals surface area (Å²) in [6.07, 6.45) is 0. The van der Waals surface area contributed by atoms with Crippen LogP contribution in [0.5, 0.6) is 0 Å². The van der Waals surface area contributed by atoms with Crippen molar-refractivity contribution in [2.24, 2.45) is 0 Å². The second-order valence-electron chi connectivity index (χ2n) is 9.43. The van der Waals surface area contributed by atoms with Crippen molar-refractivity contribution in [3.8, 4) is 0 Å². The summed E-state index contributed by atoms with van der Waals surface area (Å²) in [5.74, 6) is -2.74. The van der Waals surface area contributed by atoms with E-state index in [0.717, 1.165) is 22.3 Å². The molecule has 4 aromatic carbocycles. The first kappa shape index (κ1) is 27.5. The molecule has 0 aliphatic heterocycles. The summed E-state index contributed by atoms with van der Waals surface area (Å²) in [5.41, 5.74) is 9.40. The van der Waals surface area contributed by atoms with Gasteiger partial charge in [0.1, 0.15) is 0 Å². The molecule has 0 saturated carbocycles. The van der Waals surface area contributed by atoms with Gasteiger partial charge < -0.3 is 19.8 Å². The Bertz CT molecular complexity index is 1440. The Morgan fingerprint density at radius 2 is 0.722 bits per heavy atom. The fourth-order valence-electron chi connectivity index (χ4n) is 6.77. The molecule has 4 nitrogen and oxygen atoms in total. The predicted octanol–water partition coefficient (Wildman–Crippen LogP) is -2.71. The van der Waals surface area contributed by atoms with Gasteiger partial charge in [-0.3, -0.25) is 0 Å². The Labute approximate surface area is 326 Å². The first-order valence-electron chi connectivity index (χ1n) is 11.4. The smallest absolute Gasteiger partial charge is 0.545 e. The molecule has 0 aromatic heterocycles. The quantitative estimate of drug-likeness (QED) is 0.227. The van der Waals surface area contributed by atoms with Crippen molar-refractivity contribution in [1.29, 1.82) is 0 Å². The minimum absolute atomic E-state index is 0. The van der Waals surface area contributed by atoms with Gasteiger partial charge in [-0.25, -0.2) is 0 Å². The van der Waals surface area contributed by atoms with Gasteiger partial charge in [-0.05, 0) is 67.8 Å². The Kier molecular flexibility index (Phi) is 8.00. The average molecular weight is 708 g/mol. The van der Waals surface area contributed by atoms with Crippen LogP contribution in [0, 0.1) is 0 Å². The summed E-state index contributed by atoms with van der Waals surface area (Å²) in [6, 6.07) is 27.5. The zero-order valence-corrected chi connectivity index (χ0v) is 32.6. The third kappa shape index (κ3) is 4.00. The molecule has 0 heterocycles. The minimum Gasteiger partial charge on any atom is -0.545 e. The first-order valence-corrected chi connectivity index (χ1v) is 11.4. The van der Waals surface area contributed by atoms with E-state index in [2.05, 4.69) is 36.4 Å². The van der Waals surface area contributed by atoms with Gasteiger partial charge in [-0.15, -0.1) is 0 Å². The van der Waals surface area contributed by atoms with E-state index < -0.39 is 11.9 Å². The third-order valence-electron chi connectivity index (χ3n) is 7.98. The molecule has 4 bridgehead atoms. The minimum atomic E-state index is -1.20. The average Bonchev–Trinajstić information content (AvgIpc) is 2.84. The van der Waals surface area contributed by atoms with Gasteiger partial charge in [0, 0.05) is 23.7 Å². The van der Waals surface area contributed by atoms with Crippen LogP contribution in [0.1, 0.15) is 88.9 Å². The maximum atomic E-state index is 11.8. The summed E-state index contributed by atoms with van der Waals surface area (Å²) in [7, 11) is 0. The normalized spacial score (nSPS) is 21.3. The van der Waals surface area contributed by atoms with Crippen LogP contribution in [0.3, 0.4) is 0 Å². The van der Waals surface area contributed by atoms with E-state index in [1.165, 1.54) is 22.3 Å². The van der Waals surface area contributed by atoms with Crippen molar-refractivity contribution in [3.63, 3.8) is 0 Å². The van der Waals surface area contributed by atoms with E-state index in [0.29, 0.717) is 0 Å². The SMILES string of the molecule is O=C([O-])c1ccc2c(c1)C1c3ccccc3C2C2c3ccccc3C1c1cc(C(=O)[O-])ccc12.[Cs+].[Cs+]. The van der Waals surface area contributed by atoms with E-state index in [9.17, 15) is 19.8 Å². The standard InChI is InChI=1S/C30H20O4.2Cs/c31-29(32)15-9-11-21-23(13-15)27-19-7-3-1-5-17(19)25(21)26-18-6-2-4-8-20(18)28(27)24-14-16(30(33)34)10-12-22(24)26;;/h1-14,25-28H,(H,31,32)(H,33,34);;/q;2*+1/p-2. The maximum Gasteiger partial charge on any atom is 1.00 e. The first-order chi connectivity index (χ1) is 16.5. The Morgan fingerprint density at radius 3 is 1.03 bits per heavy atom. The van der Waals surface area contributed by atoms with Crippen molar-refractivity contribution in [3.05, 3.63) is 141 Å². The zero-order chi connectivity index (χ0) is 23.1. The summed E-state index contributed by atoms with van der Waals surface area (Å²) in [5, 5.41) is 23.6. The third-order valence-corrected chi connectivity index (χ3v) is 7.98. The van der Waals surface area contributed by atoms with Crippen LogP contribution < -0.4 is 148 Å².